The number of allylic oxidation sites excluding steroid dienone is 23. The first-order chi connectivity index (χ1) is 37.6. The van der Waals surface area contributed by atoms with Crippen LogP contribution in [0.25, 0.3) is 11.1 Å². The number of fused-ring (bicyclic) bond motifs is 16. The molecule has 0 saturated heterocycles. The van der Waals surface area contributed by atoms with Crippen molar-refractivity contribution in [2.24, 2.45) is 87.3 Å². The van der Waals surface area contributed by atoms with Crippen LogP contribution in [-0.2, 0) is 5.41 Å². The zero-order valence-electron chi connectivity index (χ0n) is 45.1. The van der Waals surface area contributed by atoms with E-state index in [-0.39, 0.29) is 5.41 Å². The van der Waals surface area contributed by atoms with E-state index < -0.39 is 0 Å². The number of benzene rings is 3. The highest BCUT2D eigenvalue weighted by atomic mass is 14.8. The normalized spacial score (nSPS) is 39.2. The first kappa shape index (κ1) is 47.4. The van der Waals surface area contributed by atoms with Gasteiger partial charge >= 0.3 is 0 Å². The van der Waals surface area contributed by atoms with Gasteiger partial charge in [-0.25, -0.2) is 0 Å². The Bertz CT molecular complexity index is 3150. The Morgan fingerprint density at radius 3 is 2.07 bits per heavy atom. The van der Waals surface area contributed by atoms with Crippen LogP contribution in [-0.4, -0.2) is 5.71 Å². The van der Waals surface area contributed by atoms with Gasteiger partial charge in [-0.2, -0.15) is 0 Å². The summed E-state index contributed by atoms with van der Waals surface area (Å²) < 4.78 is 0. The van der Waals surface area contributed by atoms with Crippen molar-refractivity contribution in [2.45, 2.75) is 115 Å². The summed E-state index contributed by atoms with van der Waals surface area (Å²) in [6, 6.07) is 30.2. The summed E-state index contributed by atoms with van der Waals surface area (Å²) in [5.74, 6) is 8.13. The van der Waals surface area contributed by atoms with E-state index in [0.717, 1.165) is 37.5 Å². The van der Waals surface area contributed by atoms with Gasteiger partial charge in [0.2, 0.25) is 0 Å². The molecule has 0 aromatic heterocycles. The van der Waals surface area contributed by atoms with E-state index >= 15 is 0 Å². The van der Waals surface area contributed by atoms with Gasteiger partial charge in [-0.15, -0.1) is 0 Å². The van der Waals surface area contributed by atoms with Gasteiger partial charge < -0.3 is 0 Å². The van der Waals surface area contributed by atoms with E-state index in [9.17, 15) is 0 Å². The summed E-state index contributed by atoms with van der Waals surface area (Å²) in [5.41, 5.74) is 16.0. The molecule has 1 heteroatoms. The van der Waals surface area contributed by atoms with E-state index in [1.807, 2.05) is 0 Å². The van der Waals surface area contributed by atoms with Crippen molar-refractivity contribution < 1.29 is 0 Å². The van der Waals surface area contributed by atoms with Crippen LogP contribution in [0, 0.1) is 82.3 Å². The van der Waals surface area contributed by atoms with Gasteiger partial charge in [-0.3, -0.25) is 4.99 Å². The van der Waals surface area contributed by atoms with Crippen molar-refractivity contribution in [1.82, 2.24) is 0 Å². The Morgan fingerprint density at radius 1 is 0.566 bits per heavy atom. The number of hydrogen-bond acceptors (Lipinski definition) is 1. The number of hydrogen-bond donors (Lipinski definition) is 0. The molecule has 14 atom stereocenters. The van der Waals surface area contributed by atoms with Gasteiger partial charge in [0.05, 0.1) is 11.4 Å². The minimum atomic E-state index is 0.110. The van der Waals surface area contributed by atoms with Gasteiger partial charge in [0.25, 0.3) is 0 Å². The maximum Gasteiger partial charge on any atom is 0.0628 e. The van der Waals surface area contributed by atoms with Crippen LogP contribution in [0.4, 0.5) is 0 Å². The number of nitrogens with zero attached hydrogens (tertiary/aromatic N) is 1. The third-order valence-electron chi connectivity index (χ3n) is 22.8. The van der Waals surface area contributed by atoms with Crippen molar-refractivity contribution in [1.29, 1.82) is 0 Å². The van der Waals surface area contributed by atoms with E-state index in [0.29, 0.717) is 76.4 Å². The lowest BCUT2D eigenvalue weighted by atomic mass is 9.35. The predicted octanol–water partition coefficient (Wildman–Crippen LogP) is 18.7. The van der Waals surface area contributed by atoms with Crippen LogP contribution in [0.2, 0.25) is 0 Å². The molecule has 1 nitrogen and oxygen atoms in total. The fourth-order valence-electron chi connectivity index (χ4n) is 20.0. The molecule has 0 amide bonds. The van der Waals surface area contributed by atoms with Crippen molar-refractivity contribution in [3.63, 3.8) is 0 Å². The average molecular weight is 994 g/mol. The average Bonchev–Trinajstić information content (AvgIpc) is 3.98. The van der Waals surface area contributed by atoms with Crippen LogP contribution >= 0.6 is 0 Å². The largest absolute Gasteiger partial charge is 0.253 e. The third-order valence-corrected chi connectivity index (χ3v) is 22.8. The standard InChI is InChI=1S/C75H79N/c1-2-58-63(54-39-33-51(34-40-54)49-19-5-3-6-20-49)48-72(76-73(58)56-43-37-52(38-44-56)50-21-7-4-8-22-50)55-41-35-53(36-42-55)57-45-46-62-61-25-11-14-28-66(61)75(71(62)47-57)69-31-17-15-29-67(69)74(68-30-16-18-32-70(68)75)64-26-12-9-23-59(64)60-24-10-13-27-65(60)74/h4-5,7-9,11-12,14-16,19,21-23,25-26,28-30,33-35,37-39,41,43-49,54,58-60,62-65,67-71H,2-3,6,10,13,17-18,20,24,27,31-32,36,40,42H2,1H3. The lowest BCUT2D eigenvalue weighted by Gasteiger charge is -2.68. The van der Waals surface area contributed by atoms with Gasteiger partial charge in [0.15, 0.2) is 0 Å². The van der Waals surface area contributed by atoms with Crippen LogP contribution in [0.1, 0.15) is 126 Å². The molecule has 2 spiro atoms. The van der Waals surface area contributed by atoms with Crippen molar-refractivity contribution in [2.75, 3.05) is 0 Å². The summed E-state index contributed by atoms with van der Waals surface area (Å²) in [4.78, 5) is 5.77. The Morgan fingerprint density at radius 2 is 1.30 bits per heavy atom. The molecular weight excluding hydrogens is 915 g/mol. The van der Waals surface area contributed by atoms with Crippen LogP contribution in [0.5, 0.6) is 0 Å². The van der Waals surface area contributed by atoms with Crippen LogP contribution in [0.3, 0.4) is 0 Å². The summed E-state index contributed by atoms with van der Waals surface area (Å²) >= 11 is 0. The molecule has 12 aliphatic rings. The number of aliphatic imine (C=N–C) groups is 1. The molecule has 1 aliphatic heterocycles. The first-order valence-corrected chi connectivity index (χ1v) is 30.7. The third kappa shape index (κ3) is 7.25. The highest BCUT2D eigenvalue weighted by Gasteiger charge is 2.75. The van der Waals surface area contributed by atoms with Gasteiger partial charge in [0, 0.05) is 23.2 Å². The van der Waals surface area contributed by atoms with Gasteiger partial charge in [-0.1, -0.05) is 214 Å². The Labute approximate surface area is 455 Å². The van der Waals surface area contributed by atoms with Crippen LogP contribution in [0.15, 0.2) is 227 Å². The topological polar surface area (TPSA) is 12.4 Å². The summed E-state index contributed by atoms with van der Waals surface area (Å²) in [6.07, 6.45) is 68.5. The zero-order valence-corrected chi connectivity index (χ0v) is 45.1. The minimum absolute atomic E-state index is 0.110. The fraction of sp³-hybridized carbons (Fsp3) is 0.427. The molecule has 0 radical (unpaired) electrons. The fourth-order valence-corrected chi connectivity index (χ4v) is 20.0. The van der Waals surface area contributed by atoms with Crippen molar-refractivity contribution in [3.05, 3.63) is 239 Å². The summed E-state index contributed by atoms with van der Waals surface area (Å²) in [7, 11) is 0. The highest BCUT2D eigenvalue weighted by Crippen LogP contribution is 2.79. The lowest BCUT2D eigenvalue weighted by Crippen LogP contribution is -2.65. The van der Waals surface area contributed by atoms with E-state index in [4.69, 9.17) is 4.99 Å². The van der Waals surface area contributed by atoms with E-state index in [2.05, 4.69) is 201 Å². The van der Waals surface area contributed by atoms with Crippen molar-refractivity contribution >= 4 is 5.71 Å². The molecule has 3 aromatic carbocycles. The molecule has 15 rings (SSSR count). The molecule has 3 fully saturated rings. The summed E-state index contributed by atoms with van der Waals surface area (Å²) in [5, 5.41) is 0. The second-order valence-corrected chi connectivity index (χ2v) is 25.7. The second kappa shape index (κ2) is 19.3. The first-order valence-electron chi connectivity index (χ1n) is 30.7. The maximum absolute atomic E-state index is 5.77. The summed E-state index contributed by atoms with van der Waals surface area (Å²) in [6.45, 7) is 2.40. The zero-order chi connectivity index (χ0) is 50.4. The van der Waals surface area contributed by atoms with Gasteiger partial charge in [-0.05, 0) is 204 Å². The number of rotatable bonds is 7. The molecule has 14 unspecified atom stereocenters. The molecule has 0 N–H and O–H groups in total. The molecule has 76 heavy (non-hydrogen) atoms. The molecule has 1 heterocycles. The molecular formula is C75H79N. The van der Waals surface area contributed by atoms with Gasteiger partial charge in [0.1, 0.15) is 0 Å². The molecule has 3 saturated carbocycles. The van der Waals surface area contributed by atoms with Crippen molar-refractivity contribution in [3.8, 4) is 11.1 Å². The quantitative estimate of drug-likeness (QED) is 0.209. The molecule has 3 aromatic rings. The Kier molecular flexibility index (Phi) is 12.0. The Balaban J connectivity index is 0.799. The monoisotopic (exact) mass is 994 g/mol. The van der Waals surface area contributed by atoms with E-state index in [1.54, 1.807) is 11.1 Å². The molecule has 384 valence electrons. The minimum Gasteiger partial charge on any atom is -0.253 e. The second-order valence-electron chi connectivity index (χ2n) is 25.7. The Hall–Kier alpha value is -5.79. The molecule has 0 bridgehead atoms. The highest BCUT2D eigenvalue weighted by molar-refractivity contribution is 6.04. The predicted molar refractivity (Wildman–Crippen MR) is 316 cm³/mol. The van der Waals surface area contributed by atoms with E-state index in [1.165, 1.54) is 121 Å². The molecule has 11 aliphatic carbocycles. The lowest BCUT2D eigenvalue weighted by molar-refractivity contribution is -0.139. The smallest absolute Gasteiger partial charge is 0.0628 e. The SMILES string of the molecule is CCC1C(c2ccc(-c3ccccc3)cc2)=NC(C2=CC=C(C3=CC4C(C=C3)c3ccccc3C43C4CCC=CC4C4(C5C=CC=CC5C5CCCCC54)C4C=CCCC43)CC2)=CC1C1C=CC(C2C=CCCC2)=CC1. The maximum atomic E-state index is 5.77. The van der Waals surface area contributed by atoms with Crippen LogP contribution < -0.4 is 0 Å².